The zero-order valence-corrected chi connectivity index (χ0v) is 15.5. The van der Waals surface area contributed by atoms with Gasteiger partial charge in [0.05, 0.1) is 24.2 Å². The summed E-state index contributed by atoms with van der Waals surface area (Å²) in [5.74, 6) is 2.37. The number of nitrogens with zero attached hydrogens (tertiary/aromatic N) is 1. The van der Waals surface area contributed by atoms with Crippen LogP contribution in [-0.2, 0) is 9.84 Å². The van der Waals surface area contributed by atoms with Crippen LogP contribution >= 0.6 is 0 Å². The number of sulfone groups is 1. The van der Waals surface area contributed by atoms with Crippen molar-refractivity contribution in [2.45, 2.75) is 32.2 Å². The molecule has 2 unspecified atom stereocenters. The van der Waals surface area contributed by atoms with E-state index >= 15 is 0 Å². The molecule has 2 aliphatic heterocycles. The van der Waals surface area contributed by atoms with Gasteiger partial charge in [0.25, 0.3) is 0 Å². The molecule has 1 fully saturated rings. The highest BCUT2D eigenvalue weighted by molar-refractivity contribution is 7.91. The largest absolute Gasteiger partial charge is 0.493 e. The summed E-state index contributed by atoms with van der Waals surface area (Å²) in [6.07, 6.45) is 2.59. The van der Waals surface area contributed by atoms with Crippen molar-refractivity contribution in [2.75, 3.05) is 31.2 Å². The summed E-state index contributed by atoms with van der Waals surface area (Å²) >= 11 is 0. The Morgan fingerprint density at radius 3 is 2.92 bits per heavy atom. The fraction of sp³-hybridized carbons (Fsp3) is 0.611. The van der Waals surface area contributed by atoms with Crippen molar-refractivity contribution in [1.29, 1.82) is 0 Å². The molecule has 0 amide bonds. The van der Waals surface area contributed by atoms with Gasteiger partial charge in [-0.2, -0.15) is 0 Å². The number of para-hydroxylation sites is 1. The lowest BCUT2D eigenvalue weighted by Crippen LogP contribution is -2.41. The minimum Gasteiger partial charge on any atom is -0.493 e. The molecule has 2 N–H and O–H groups in total. The molecular weight excluding hydrogens is 338 g/mol. The van der Waals surface area contributed by atoms with Crippen LogP contribution in [0.1, 0.15) is 37.8 Å². The first kappa shape index (κ1) is 18.0. The maximum atomic E-state index is 11.6. The third-order valence-corrected chi connectivity index (χ3v) is 6.48. The van der Waals surface area contributed by atoms with E-state index in [1.165, 1.54) is 0 Å². The average molecular weight is 365 g/mol. The van der Waals surface area contributed by atoms with E-state index in [-0.39, 0.29) is 17.7 Å². The fourth-order valence-electron chi connectivity index (χ4n) is 3.29. The van der Waals surface area contributed by atoms with Gasteiger partial charge in [-0.3, -0.25) is 4.99 Å². The summed E-state index contributed by atoms with van der Waals surface area (Å²) in [5.41, 5.74) is 1.14. The summed E-state index contributed by atoms with van der Waals surface area (Å²) in [5, 5.41) is 6.84. The topological polar surface area (TPSA) is 79.8 Å². The zero-order chi connectivity index (χ0) is 17.7. The predicted octanol–water partition coefficient (Wildman–Crippen LogP) is 1.89. The molecular formula is C18H27N3O3S. The normalized spacial score (nSPS) is 25.1. The van der Waals surface area contributed by atoms with Crippen LogP contribution in [0.25, 0.3) is 0 Å². The molecule has 2 atom stereocenters. The van der Waals surface area contributed by atoms with Crippen molar-refractivity contribution in [3.05, 3.63) is 29.8 Å². The SMILES string of the molecule is CCCNC(=NCC1CCS(=O)(=O)C1)NC1CCOc2ccccc21. The highest BCUT2D eigenvalue weighted by Crippen LogP contribution is 2.31. The van der Waals surface area contributed by atoms with E-state index in [1.54, 1.807) is 0 Å². The minimum atomic E-state index is -2.85. The molecule has 6 nitrogen and oxygen atoms in total. The Hall–Kier alpha value is -1.76. The van der Waals surface area contributed by atoms with Gasteiger partial charge in [-0.25, -0.2) is 8.42 Å². The third-order valence-electron chi connectivity index (χ3n) is 4.65. The van der Waals surface area contributed by atoms with Crippen molar-refractivity contribution in [3.63, 3.8) is 0 Å². The van der Waals surface area contributed by atoms with E-state index in [0.29, 0.717) is 25.3 Å². The Balaban J connectivity index is 1.68. The van der Waals surface area contributed by atoms with Crippen LogP contribution in [0.15, 0.2) is 29.3 Å². The van der Waals surface area contributed by atoms with Crippen molar-refractivity contribution in [3.8, 4) is 5.75 Å². The zero-order valence-electron chi connectivity index (χ0n) is 14.7. The third kappa shape index (κ3) is 4.87. The van der Waals surface area contributed by atoms with Crippen molar-refractivity contribution < 1.29 is 13.2 Å². The van der Waals surface area contributed by atoms with E-state index < -0.39 is 9.84 Å². The van der Waals surface area contributed by atoms with Gasteiger partial charge in [-0.1, -0.05) is 25.1 Å². The number of hydrogen-bond donors (Lipinski definition) is 2. The van der Waals surface area contributed by atoms with Crippen molar-refractivity contribution in [2.24, 2.45) is 10.9 Å². The second kappa shape index (κ2) is 8.08. The van der Waals surface area contributed by atoms with Gasteiger partial charge >= 0.3 is 0 Å². The monoisotopic (exact) mass is 365 g/mol. The van der Waals surface area contributed by atoms with Gasteiger partial charge < -0.3 is 15.4 Å². The standard InChI is InChI=1S/C18H27N3O3S/c1-2-9-19-18(20-12-14-8-11-25(22,23)13-14)21-16-7-10-24-17-6-4-3-5-15(16)17/h3-6,14,16H,2,7-13H2,1H3,(H2,19,20,21). The number of hydrogen-bond acceptors (Lipinski definition) is 4. The van der Waals surface area contributed by atoms with E-state index in [0.717, 1.165) is 36.7 Å². The van der Waals surface area contributed by atoms with Gasteiger partial charge in [-0.15, -0.1) is 0 Å². The Labute approximate surface area is 150 Å². The molecule has 1 aromatic rings. The molecule has 25 heavy (non-hydrogen) atoms. The van der Waals surface area contributed by atoms with E-state index in [2.05, 4.69) is 28.6 Å². The maximum absolute atomic E-state index is 11.6. The lowest BCUT2D eigenvalue weighted by Gasteiger charge is -2.28. The van der Waals surface area contributed by atoms with Gasteiger partial charge in [-0.05, 0) is 24.8 Å². The van der Waals surface area contributed by atoms with Crippen LogP contribution in [0.2, 0.25) is 0 Å². The van der Waals surface area contributed by atoms with Gasteiger partial charge in [0, 0.05) is 25.1 Å². The molecule has 2 aliphatic rings. The molecule has 2 heterocycles. The Bertz CT molecular complexity index is 718. The molecule has 7 heteroatoms. The van der Waals surface area contributed by atoms with Crippen LogP contribution in [0.3, 0.4) is 0 Å². The quantitative estimate of drug-likeness (QED) is 0.615. The van der Waals surface area contributed by atoms with Gasteiger partial charge in [0.15, 0.2) is 15.8 Å². The van der Waals surface area contributed by atoms with Crippen LogP contribution in [0, 0.1) is 5.92 Å². The second-order valence-electron chi connectivity index (χ2n) is 6.76. The first-order valence-electron chi connectivity index (χ1n) is 9.04. The van der Waals surface area contributed by atoms with Crippen LogP contribution < -0.4 is 15.4 Å². The fourth-order valence-corrected chi connectivity index (χ4v) is 5.14. The molecule has 0 spiro atoms. The van der Waals surface area contributed by atoms with Crippen LogP contribution in [0.4, 0.5) is 0 Å². The summed E-state index contributed by atoms with van der Waals surface area (Å²) in [7, 11) is -2.85. The lowest BCUT2D eigenvalue weighted by molar-refractivity contribution is 0.261. The molecule has 1 aromatic carbocycles. The summed E-state index contributed by atoms with van der Waals surface area (Å²) in [6, 6.07) is 8.21. The number of nitrogens with one attached hydrogen (secondary N) is 2. The molecule has 0 bridgehead atoms. The second-order valence-corrected chi connectivity index (χ2v) is 8.99. The summed E-state index contributed by atoms with van der Waals surface area (Å²) in [6.45, 7) is 4.16. The van der Waals surface area contributed by atoms with Gasteiger partial charge in [0.2, 0.25) is 0 Å². The predicted molar refractivity (Wildman–Crippen MR) is 99.8 cm³/mol. The van der Waals surface area contributed by atoms with E-state index in [4.69, 9.17) is 4.74 Å². The molecule has 0 saturated carbocycles. The Morgan fingerprint density at radius 2 is 2.16 bits per heavy atom. The number of aliphatic imine (C=N–C) groups is 1. The maximum Gasteiger partial charge on any atom is 0.191 e. The number of fused-ring (bicyclic) bond motifs is 1. The highest BCUT2D eigenvalue weighted by Gasteiger charge is 2.28. The number of rotatable bonds is 5. The van der Waals surface area contributed by atoms with Crippen molar-refractivity contribution >= 4 is 15.8 Å². The summed E-state index contributed by atoms with van der Waals surface area (Å²) < 4.78 is 29.0. The first-order chi connectivity index (χ1) is 12.1. The minimum absolute atomic E-state index is 0.132. The van der Waals surface area contributed by atoms with Crippen LogP contribution in [0.5, 0.6) is 5.75 Å². The Kier molecular flexibility index (Phi) is 5.83. The molecule has 0 radical (unpaired) electrons. The number of benzene rings is 1. The van der Waals surface area contributed by atoms with E-state index in [9.17, 15) is 8.42 Å². The van der Waals surface area contributed by atoms with Crippen molar-refractivity contribution in [1.82, 2.24) is 10.6 Å². The smallest absolute Gasteiger partial charge is 0.191 e. The molecule has 0 aromatic heterocycles. The summed E-state index contributed by atoms with van der Waals surface area (Å²) in [4.78, 5) is 4.66. The van der Waals surface area contributed by atoms with E-state index in [1.807, 2.05) is 18.2 Å². The molecule has 3 rings (SSSR count). The average Bonchev–Trinajstić information content (AvgIpc) is 2.96. The number of guanidine groups is 1. The van der Waals surface area contributed by atoms with Crippen LogP contribution in [-0.4, -0.2) is 45.6 Å². The Morgan fingerprint density at radius 1 is 1.32 bits per heavy atom. The molecule has 1 saturated heterocycles. The highest BCUT2D eigenvalue weighted by atomic mass is 32.2. The van der Waals surface area contributed by atoms with Gasteiger partial charge in [0.1, 0.15) is 5.75 Å². The molecule has 0 aliphatic carbocycles. The number of ether oxygens (including phenoxy) is 1. The molecule has 138 valence electrons. The lowest BCUT2D eigenvalue weighted by atomic mass is 10.0. The first-order valence-corrected chi connectivity index (χ1v) is 10.9.